The van der Waals surface area contributed by atoms with E-state index in [1.54, 1.807) is 60.7 Å². The average Bonchev–Trinajstić information content (AvgIpc) is 3.44. The number of thiocarbonyl (C=S) groups is 1. The van der Waals surface area contributed by atoms with Gasteiger partial charge in [-0.25, -0.2) is 0 Å². The van der Waals surface area contributed by atoms with Gasteiger partial charge in [0.1, 0.15) is 15.5 Å². The zero-order valence-electron chi connectivity index (χ0n) is 17.9. The highest BCUT2D eigenvalue weighted by atomic mass is 32.2. The second-order valence-corrected chi connectivity index (χ2v) is 9.48. The minimum absolute atomic E-state index is 0.0989. The molecule has 2 fully saturated rings. The Labute approximate surface area is 200 Å². The topological polar surface area (TPSA) is 73.1 Å². The largest absolute Gasteiger partial charge is 0.493 e. The van der Waals surface area contributed by atoms with Gasteiger partial charge in [-0.1, -0.05) is 55.0 Å². The Morgan fingerprint density at radius 2 is 1.82 bits per heavy atom. The molecule has 0 bridgehead atoms. The van der Waals surface area contributed by atoms with Crippen LogP contribution in [0, 0.1) is 0 Å². The number of nitrogens with zero attached hydrogens (tertiary/aromatic N) is 3. The Morgan fingerprint density at radius 3 is 2.58 bits per heavy atom. The normalized spacial score (nSPS) is 18.0. The molecular weight excluding hydrogens is 458 g/mol. The van der Waals surface area contributed by atoms with E-state index in [2.05, 4.69) is 4.98 Å². The van der Waals surface area contributed by atoms with E-state index in [9.17, 15) is 9.59 Å². The molecule has 0 unspecified atom stereocenters. The molecule has 3 heterocycles. The third-order valence-corrected chi connectivity index (χ3v) is 7.13. The fourth-order valence-electron chi connectivity index (χ4n) is 4.18. The maximum absolute atomic E-state index is 13.4. The van der Waals surface area contributed by atoms with Crippen molar-refractivity contribution in [2.75, 3.05) is 7.11 Å². The van der Waals surface area contributed by atoms with Crippen LogP contribution in [-0.2, 0) is 4.79 Å². The second kappa shape index (κ2) is 8.99. The number of carbonyl (C=O) groups is 1. The number of amides is 1. The molecule has 2 aromatic heterocycles. The molecule has 1 saturated heterocycles. The first-order valence-corrected chi connectivity index (χ1v) is 11.9. The third-order valence-electron chi connectivity index (χ3n) is 5.80. The van der Waals surface area contributed by atoms with Gasteiger partial charge in [0.15, 0.2) is 11.5 Å². The van der Waals surface area contributed by atoms with Gasteiger partial charge >= 0.3 is 0 Å². The van der Waals surface area contributed by atoms with E-state index < -0.39 is 0 Å². The van der Waals surface area contributed by atoms with E-state index in [-0.39, 0.29) is 29.0 Å². The van der Waals surface area contributed by atoms with Gasteiger partial charge in [0.05, 0.1) is 12.0 Å². The zero-order valence-corrected chi connectivity index (χ0v) is 19.5. The van der Waals surface area contributed by atoms with Gasteiger partial charge < -0.3 is 9.47 Å². The number of rotatable bonds is 5. The molecule has 0 spiro atoms. The quantitative estimate of drug-likeness (QED) is 0.390. The summed E-state index contributed by atoms with van der Waals surface area (Å²) < 4.78 is 13.4. The molecule has 1 aromatic carbocycles. The minimum atomic E-state index is -0.336. The molecule has 3 aromatic rings. The number of ether oxygens (including phenoxy) is 2. The van der Waals surface area contributed by atoms with Gasteiger partial charge in [-0.05, 0) is 43.2 Å². The molecule has 1 amide bonds. The lowest BCUT2D eigenvalue weighted by atomic mass is 10.2. The van der Waals surface area contributed by atoms with Crippen molar-refractivity contribution in [3.05, 3.63) is 69.5 Å². The first-order valence-electron chi connectivity index (χ1n) is 10.7. The summed E-state index contributed by atoms with van der Waals surface area (Å²) in [4.78, 5) is 33.3. The number of hydrogen-bond acceptors (Lipinski definition) is 7. The van der Waals surface area contributed by atoms with Crippen LogP contribution in [0.5, 0.6) is 17.4 Å². The molecule has 1 aliphatic carbocycles. The number of thioether (sulfide) groups is 1. The molecule has 0 atom stereocenters. The first-order chi connectivity index (χ1) is 16.1. The summed E-state index contributed by atoms with van der Waals surface area (Å²) in [5.74, 6) is 0.853. The highest BCUT2D eigenvalue weighted by Gasteiger charge is 2.38. The predicted octanol–water partition coefficient (Wildman–Crippen LogP) is 4.64. The van der Waals surface area contributed by atoms with E-state index in [0.717, 1.165) is 25.7 Å². The van der Waals surface area contributed by atoms with Crippen LogP contribution in [0.25, 0.3) is 11.7 Å². The maximum Gasteiger partial charge on any atom is 0.269 e. The van der Waals surface area contributed by atoms with Crippen LogP contribution in [-0.4, -0.2) is 37.7 Å². The standard InChI is InChI=1S/C24H21N3O4S2/c1-30-17-10-4-5-11-18(17)31-21-16(22(28)26-13-7-6-12-20(26)25-21)14-19-23(29)27(24(32)33-19)15-8-2-3-9-15/h4-7,10-15H,2-3,8-9H2,1H3. The highest BCUT2D eigenvalue weighted by molar-refractivity contribution is 8.26. The van der Waals surface area contributed by atoms with Crippen molar-refractivity contribution in [2.24, 2.45) is 0 Å². The molecule has 0 radical (unpaired) electrons. The molecule has 2 aliphatic rings. The van der Waals surface area contributed by atoms with Crippen LogP contribution in [0.2, 0.25) is 0 Å². The van der Waals surface area contributed by atoms with Crippen molar-refractivity contribution in [1.82, 2.24) is 14.3 Å². The summed E-state index contributed by atoms with van der Waals surface area (Å²) in [7, 11) is 1.54. The lowest BCUT2D eigenvalue weighted by Gasteiger charge is -2.21. The second-order valence-electron chi connectivity index (χ2n) is 7.81. The zero-order chi connectivity index (χ0) is 22.9. The van der Waals surface area contributed by atoms with Gasteiger partial charge in [-0.2, -0.15) is 4.98 Å². The first kappa shape index (κ1) is 21.7. The highest BCUT2D eigenvalue weighted by Crippen LogP contribution is 2.39. The Hall–Kier alpha value is -3.17. The number of benzene rings is 1. The van der Waals surface area contributed by atoms with Gasteiger partial charge in [0.2, 0.25) is 5.88 Å². The van der Waals surface area contributed by atoms with Crippen LogP contribution < -0.4 is 15.0 Å². The fourth-order valence-corrected chi connectivity index (χ4v) is 5.56. The van der Waals surface area contributed by atoms with E-state index in [1.165, 1.54) is 16.2 Å². The van der Waals surface area contributed by atoms with Gasteiger partial charge in [0.25, 0.3) is 11.5 Å². The minimum Gasteiger partial charge on any atom is -0.493 e. The van der Waals surface area contributed by atoms with Crippen molar-refractivity contribution in [3.8, 4) is 17.4 Å². The number of aromatic nitrogens is 2. The average molecular weight is 480 g/mol. The fraction of sp³-hybridized carbons (Fsp3) is 0.250. The number of para-hydroxylation sites is 2. The van der Waals surface area contributed by atoms with E-state index in [0.29, 0.717) is 26.4 Å². The van der Waals surface area contributed by atoms with Gasteiger partial charge in [-0.3, -0.25) is 18.9 Å². The number of fused-ring (bicyclic) bond motifs is 1. The Balaban J connectivity index is 1.62. The van der Waals surface area contributed by atoms with Crippen molar-refractivity contribution in [1.29, 1.82) is 0 Å². The predicted molar refractivity (Wildman–Crippen MR) is 132 cm³/mol. The summed E-state index contributed by atoms with van der Waals surface area (Å²) in [5, 5.41) is 0. The van der Waals surface area contributed by atoms with Crippen LogP contribution >= 0.6 is 24.0 Å². The van der Waals surface area contributed by atoms with Crippen LogP contribution in [0.4, 0.5) is 0 Å². The molecule has 168 valence electrons. The SMILES string of the molecule is COc1ccccc1Oc1nc2ccccn2c(=O)c1C=C1SC(=S)N(C2CCCC2)C1=O. The van der Waals surface area contributed by atoms with Crippen LogP contribution in [0.15, 0.2) is 58.4 Å². The molecule has 5 rings (SSSR count). The van der Waals surface area contributed by atoms with E-state index in [4.69, 9.17) is 21.7 Å². The summed E-state index contributed by atoms with van der Waals surface area (Å²) in [6.07, 6.45) is 7.26. The third kappa shape index (κ3) is 4.02. The van der Waals surface area contributed by atoms with Crippen LogP contribution in [0.3, 0.4) is 0 Å². The van der Waals surface area contributed by atoms with Crippen molar-refractivity contribution >= 4 is 45.9 Å². The summed E-state index contributed by atoms with van der Waals surface area (Å²) >= 11 is 6.72. The molecule has 7 nitrogen and oxygen atoms in total. The lowest BCUT2D eigenvalue weighted by Crippen LogP contribution is -2.36. The monoisotopic (exact) mass is 479 g/mol. The van der Waals surface area contributed by atoms with Crippen molar-refractivity contribution < 1.29 is 14.3 Å². The van der Waals surface area contributed by atoms with E-state index >= 15 is 0 Å². The Kier molecular flexibility index (Phi) is 5.90. The Bertz CT molecular complexity index is 1350. The smallest absolute Gasteiger partial charge is 0.269 e. The van der Waals surface area contributed by atoms with Crippen LogP contribution in [0.1, 0.15) is 31.2 Å². The van der Waals surface area contributed by atoms with Gasteiger partial charge in [0, 0.05) is 12.2 Å². The molecule has 33 heavy (non-hydrogen) atoms. The number of pyridine rings is 1. The molecular formula is C24H21N3O4S2. The molecule has 1 aliphatic heterocycles. The summed E-state index contributed by atoms with van der Waals surface area (Å²) in [5.41, 5.74) is 0.274. The number of carbonyl (C=O) groups excluding carboxylic acids is 1. The lowest BCUT2D eigenvalue weighted by molar-refractivity contribution is -0.123. The number of hydrogen-bond donors (Lipinski definition) is 0. The van der Waals surface area contributed by atoms with E-state index in [1.807, 2.05) is 6.07 Å². The molecule has 0 N–H and O–H groups in total. The van der Waals surface area contributed by atoms with Gasteiger partial charge in [-0.15, -0.1) is 0 Å². The summed E-state index contributed by atoms with van der Waals surface area (Å²) in [6.45, 7) is 0. The molecule has 1 saturated carbocycles. The van der Waals surface area contributed by atoms with Crippen molar-refractivity contribution in [2.45, 2.75) is 31.7 Å². The number of methoxy groups -OCH3 is 1. The van der Waals surface area contributed by atoms with Crippen molar-refractivity contribution in [3.63, 3.8) is 0 Å². The summed E-state index contributed by atoms with van der Waals surface area (Å²) in [6, 6.07) is 12.5. The Morgan fingerprint density at radius 1 is 1.09 bits per heavy atom. The molecule has 9 heteroatoms. The maximum atomic E-state index is 13.4.